The Kier molecular flexibility index (Phi) is 4.71. The molecule has 5 heteroatoms. The Bertz CT molecular complexity index is 462. The number of nitrogens with two attached hydrogens (primary N) is 1. The summed E-state index contributed by atoms with van der Waals surface area (Å²) in [4.78, 5) is 7.21. The second-order valence-electron chi connectivity index (χ2n) is 5.10. The van der Waals surface area contributed by atoms with Crippen LogP contribution in [-0.2, 0) is 4.74 Å². The van der Waals surface area contributed by atoms with Crippen molar-refractivity contribution < 1.29 is 4.74 Å². The Morgan fingerprint density at radius 3 is 3.11 bits per heavy atom. The van der Waals surface area contributed by atoms with E-state index in [4.69, 9.17) is 22.7 Å². The van der Waals surface area contributed by atoms with E-state index in [0.717, 1.165) is 43.1 Å². The highest BCUT2D eigenvalue weighted by atomic mass is 32.1. The second kappa shape index (κ2) is 6.30. The summed E-state index contributed by atoms with van der Waals surface area (Å²) in [5.41, 5.74) is 7.86. The Morgan fingerprint density at radius 2 is 2.42 bits per heavy atom. The first-order valence-electron chi connectivity index (χ1n) is 6.62. The predicted octanol–water partition coefficient (Wildman–Crippen LogP) is 1.89. The number of rotatable bonds is 4. The zero-order valence-corrected chi connectivity index (χ0v) is 12.4. The second-order valence-corrected chi connectivity index (χ2v) is 5.54. The van der Waals surface area contributed by atoms with Crippen molar-refractivity contribution in [1.29, 1.82) is 0 Å². The summed E-state index contributed by atoms with van der Waals surface area (Å²) in [6.07, 6.45) is 4.19. The van der Waals surface area contributed by atoms with Gasteiger partial charge in [-0.05, 0) is 37.3 Å². The fourth-order valence-electron chi connectivity index (χ4n) is 2.72. The third-order valence-electron chi connectivity index (χ3n) is 3.61. The highest BCUT2D eigenvalue weighted by Gasteiger charge is 2.23. The van der Waals surface area contributed by atoms with Gasteiger partial charge in [0.05, 0.1) is 12.2 Å². The molecule has 4 nitrogen and oxygen atoms in total. The predicted molar refractivity (Wildman–Crippen MR) is 81.7 cm³/mol. The zero-order chi connectivity index (χ0) is 13.8. The minimum Gasteiger partial charge on any atom is -0.389 e. The van der Waals surface area contributed by atoms with Gasteiger partial charge in [0.15, 0.2) is 0 Å². The lowest BCUT2D eigenvalue weighted by Crippen LogP contribution is -2.39. The van der Waals surface area contributed by atoms with Crippen LogP contribution in [0.5, 0.6) is 0 Å². The molecule has 0 saturated carbocycles. The van der Waals surface area contributed by atoms with Gasteiger partial charge in [-0.15, -0.1) is 0 Å². The van der Waals surface area contributed by atoms with Gasteiger partial charge >= 0.3 is 0 Å². The minimum atomic E-state index is 0.425. The Morgan fingerprint density at radius 1 is 1.63 bits per heavy atom. The lowest BCUT2D eigenvalue weighted by molar-refractivity contribution is 0.143. The molecule has 0 aromatic carbocycles. The molecule has 1 aliphatic heterocycles. The number of nitrogens with zero attached hydrogens (tertiary/aromatic N) is 2. The third kappa shape index (κ3) is 3.22. The number of ether oxygens (including phenoxy) is 1. The highest BCUT2D eigenvalue weighted by molar-refractivity contribution is 7.80. The monoisotopic (exact) mass is 279 g/mol. The molecular weight excluding hydrogens is 258 g/mol. The average molecular weight is 279 g/mol. The van der Waals surface area contributed by atoms with E-state index >= 15 is 0 Å². The SMILES string of the molecule is COCC1CCCN(c2nccc(C)c2C(N)=S)C1. The maximum Gasteiger partial charge on any atom is 0.139 e. The van der Waals surface area contributed by atoms with Gasteiger partial charge in [-0.2, -0.15) is 0 Å². The van der Waals surface area contributed by atoms with Crippen LogP contribution in [0.15, 0.2) is 12.3 Å². The molecule has 2 N–H and O–H groups in total. The molecule has 1 saturated heterocycles. The van der Waals surface area contributed by atoms with Crippen LogP contribution in [-0.4, -0.2) is 36.8 Å². The molecule has 0 aliphatic carbocycles. The van der Waals surface area contributed by atoms with Crippen molar-refractivity contribution in [2.24, 2.45) is 11.7 Å². The first kappa shape index (κ1) is 14.2. The van der Waals surface area contributed by atoms with Crippen molar-refractivity contribution in [2.75, 3.05) is 31.7 Å². The molecule has 0 spiro atoms. The third-order valence-corrected chi connectivity index (χ3v) is 3.81. The van der Waals surface area contributed by atoms with E-state index in [-0.39, 0.29) is 0 Å². The molecule has 1 aliphatic rings. The van der Waals surface area contributed by atoms with Crippen molar-refractivity contribution >= 4 is 23.0 Å². The summed E-state index contributed by atoms with van der Waals surface area (Å²) >= 11 is 5.17. The summed E-state index contributed by atoms with van der Waals surface area (Å²) < 4.78 is 5.27. The maximum absolute atomic E-state index is 5.86. The van der Waals surface area contributed by atoms with E-state index in [1.807, 2.05) is 19.2 Å². The van der Waals surface area contributed by atoms with Crippen LogP contribution in [0.2, 0.25) is 0 Å². The molecule has 19 heavy (non-hydrogen) atoms. The Labute approximate surface area is 120 Å². The number of pyridine rings is 1. The summed E-state index contributed by atoms with van der Waals surface area (Å²) in [5.74, 6) is 1.48. The normalized spacial score (nSPS) is 19.5. The number of hydrogen-bond acceptors (Lipinski definition) is 4. The lowest BCUT2D eigenvalue weighted by Gasteiger charge is -2.34. The summed E-state index contributed by atoms with van der Waals surface area (Å²) in [6, 6.07) is 1.95. The molecule has 0 radical (unpaired) electrons. The van der Waals surface area contributed by atoms with Gasteiger partial charge in [0.25, 0.3) is 0 Å². The quantitative estimate of drug-likeness (QED) is 0.853. The fraction of sp³-hybridized carbons (Fsp3) is 0.571. The van der Waals surface area contributed by atoms with E-state index in [0.29, 0.717) is 10.9 Å². The molecule has 1 atom stereocenters. The van der Waals surface area contributed by atoms with Crippen LogP contribution in [0.3, 0.4) is 0 Å². The molecule has 1 fully saturated rings. The van der Waals surface area contributed by atoms with Gasteiger partial charge in [-0.3, -0.25) is 0 Å². The smallest absolute Gasteiger partial charge is 0.139 e. The van der Waals surface area contributed by atoms with Gasteiger partial charge in [0, 0.05) is 26.4 Å². The first-order chi connectivity index (χ1) is 9.13. The van der Waals surface area contributed by atoms with Gasteiger partial charge in [-0.1, -0.05) is 12.2 Å². The van der Waals surface area contributed by atoms with Crippen LogP contribution >= 0.6 is 12.2 Å². The van der Waals surface area contributed by atoms with Crippen molar-refractivity contribution in [1.82, 2.24) is 4.98 Å². The molecule has 2 heterocycles. The van der Waals surface area contributed by atoms with Crippen LogP contribution in [0.4, 0.5) is 5.82 Å². The van der Waals surface area contributed by atoms with E-state index in [1.54, 1.807) is 7.11 Å². The molecule has 0 amide bonds. The number of methoxy groups -OCH3 is 1. The number of hydrogen-bond donors (Lipinski definition) is 1. The molecule has 104 valence electrons. The largest absolute Gasteiger partial charge is 0.389 e. The van der Waals surface area contributed by atoms with Crippen LogP contribution in [0.1, 0.15) is 24.0 Å². The van der Waals surface area contributed by atoms with E-state index in [1.165, 1.54) is 6.42 Å². The molecule has 0 bridgehead atoms. The van der Waals surface area contributed by atoms with E-state index < -0.39 is 0 Å². The van der Waals surface area contributed by atoms with Gasteiger partial charge in [0.2, 0.25) is 0 Å². The van der Waals surface area contributed by atoms with Gasteiger partial charge < -0.3 is 15.4 Å². The number of piperidine rings is 1. The summed E-state index contributed by atoms with van der Waals surface area (Å²) in [7, 11) is 1.75. The molecule has 1 aromatic heterocycles. The number of aromatic nitrogens is 1. The lowest BCUT2D eigenvalue weighted by atomic mass is 9.98. The van der Waals surface area contributed by atoms with Crippen LogP contribution in [0.25, 0.3) is 0 Å². The molecule has 1 unspecified atom stereocenters. The van der Waals surface area contributed by atoms with Crippen molar-refractivity contribution in [3.63, 3.8) is 0 Å². The summed E-state index contributed by atoms with van der Waals surface area (Å²) in [5, 5.41) is 0. The number of anilines is 1. The molecule has 2 rings (SSSR count). The summed E-state index contributed by atoms with van der Waals surface area (Å²) in [6.45, 7) is 4.78. The van der Waals surface area contributed by atoms with E-state index in [2.05, 4.69) is 9.88 Å². The maximum atomic E-state index is 5.86. The van der Waals surface area contributed by atoms with Crippen LogP contribution in [0, 0.1) is 12.8 Å². The highest BCUT2D eigenvalue weighted by Crippen LogP contribution is 2.26. The molecular formula is C14H21N3OS. The fourth-order valence-corrected chi connectivity index (χ4v) is 2.97. The number of thiocarbonyl (C=S) groups is 1. The van der Waals surface area contributed by atoms with Crippen molar-refractivity contribution in [3.8, 4) is 0 Å². The number of aryl methyl sites for hydroxylation is 1. The van der Waals surface area contributed by atoms with Gasteiger partial charge in [0.1, 0.15) is 10.8 Å². The molecule has 1 aromatic rings. The zero-order valence-electron chi connectivity index (χ0n) is 11.6. The Balaban J connectivity index is 2.26. The average Bonchev–Trinajstić information content (AvgIpc) is 2.38. The van der Waals surface area contributed by atoms with Crippen LogP contribution < -0.4 is 10.6 Å². The van der Waals surface area contributed by atoms with Crippen molar-refractivity contribution in [2.45, 2.75) is 19.8 Å². The van der Waals surface area contributed by atoms with Gasteiger partial charge in [-0.25, -0.2) is 4.98 Å². The topological polar surface area (TPSA) is 51.4 Å². The first-order valence-corrected chi connectivity index (χ1v) is 7.03. The standard InChI is InChI=1S/C14H21N3OS/c1-10-5-6-16-14(12(10)13(15)19)17-7-3-4-11(8-17)9-18-2/h5-6,11H,3-4,7-9H2,1-2H3,(H2,15,19). The van der Waals surface area contributed by atoms with E-state index in [9.17, 15) is 0 Å². The van der Waals surface area contributed by atoms with Crippen molar-refractivity contribution in [3.05, 3.63) is 23.4 Å². The Hall–Kier alpha value is -1.20. The minimum absolute atomic E-state index is 0.425.